The second-order valence-corrected chi connectivity index (χ2v) is 6.76. The number of benzene rings is 2. The molecule has 21 heavy (non-hydrogen) atoms. The normalized spacial score (nSPS) is 11.6. The zero-order valence-corrected chi connectivity index (χ0v) is 12.3. The summed E-state index contributed by atoms with van der Waals surface area (Å²) in [5.41, 5.74) is 1.72. The van der Waals surface area contributed by atoms with E-state index in [-0.39, 0.29) is 5.75 Å². The fourth-order valence-corrected chi connectivity index (χ4v) is 3.71. The molecule has 0 bridgehead atoms. The minimum Gasteiger partial charge on any atom is -0.300 e. The predicted molar refractivity (Wildman–Crippen MR) is 85.5 cm³/mol. The molecule has 3 rings (SSSR count). The molecule has 0 fully saturated rings. The van der Waals surface area contributed by atoms with Gasteiger partial charge in [-0.3, -0.25) is 0 Å². The van der Waals surface area contributed by atoms with E-state index in [1.807, 2.05) is 54.6 Å². The van der Waals surface area contributed by atoms with Crippen LogP contribution in [0.25, 0.3) is 16.6 Å². The standard InChI is InChI=1S/C17H15NO2S/c1-2-12-21(19,20)17-13-14-8-6-7-11-16(14)18(17)15-9-4-3-5-10-15/h2-11,13H,1,12H2. The number of rotatable bonds is 4. The fourth-order valence-electron chi connectivity index (χ4n) is 2.44. The molecule has 0 saturated heterocycles. The van der Waals surface area contributed by atoms with E-state index in [1.54, 1.807) is 10.6 Å². The first-order valence-corrected chi connectivity index (χ1v) is 8.28. The van der Waals surface area contributed by atoms with Crippen molar-refractivity contribution in [3.8, 4) is 5.69 Å². The summed E-state index contributed by atoms with van der Waals surface area (Å²) in [7, 11) is -3.41. The van der Waals surface area contributed by atoms with Gasteiger partial charge in [0.2, 0.25) is 0 Å². The Morgan fingerprint density at radius 3 is 2.38 bits per heavy atom. The molecule has 0 unspecified atom stereocenters. The van der Waals surface area contributed by atoms with Gasteiger partial charge in [-0.1, -0.05) is 42.5 Å². The Labute approximate surface area is 124 Å². The summed E-state index contributed by atoms with van der Waals surface area (Å²) in [5.74, 6) is -0.0733. The third kappa shape index (κ3) is 2.38. The van der Waals surface area contributed by atoms with E-state index >= 15 is 0 Å². The summed E-state index contributed by atoms with van der Waals surface area (Å²) in [5, 5.41) is 1.21. The lowest BCUT2D eigenvalue weighted by molar-refractivity contribution is 0.593. The van der Waals surface area contributed by atoms with Crippen molar-refractivity contribution >= 4 is 20.7 Å². The van der Waals surface area contributed by atoms with E-state index in [9.17, 15) is 8.42 Å². The maximum absolute atomic E-state index is 12.5. The third-order valence-corrected chi connectivity index (χ3v) is 4.96. The molecule has 0 aliphatic heterocycles. The third-order valence-electron chi connectivity index (χ3n) is 3.35. The molecule has 4 heteroatoms. The van der Waals surface area contributed by atoms with Crippen LogP contribution >= 0.6 is 0 Å². The van der Waals surface area contributed by atoms with Gasteiger partial charge in [0.1, 0.15) is 5.03 Å². The van der Waals surface area contributed by atoms with Crippen LogP contribution < -0.4 is 0 Å². The van der Waals surface area contributed by atoms with Crippen LogP contribution in [0.4, 0.5) is 0 Å². The first-order valence-electron chi connectivity index (χ1n) is 6.63. The Kier molecular flexibility index (Phi) is 3.39. The highest BCUT2D eigenvalue weighted by molar-refractivity contribution is 7.91. The minimum absolute atomic E-state index is 0.0733. The Morgan fingerprint density at radius 2 is 1.67 bits per heavy atom. The molecule has 0 atom stereocenters. The molecule has 1 aromatic heterocycles. The number of nitrogens with zero attached hydrogens (tertiary/aromatic N) is 1. The molecule has 0 N–H and O–H groups in total. The van der Waals surface area contributed by atoms with Crippen LogP contribution in [0, 0.1) is 0 Å². The van der Waals surface area contributed by atoms with Crippen molar-refractivity contribution in [1.29, 1.82) is 0 Å². The molecular formula is C17H15NO2S. The summed E-state index contributed by atoms with van der Waals surface area (Å²) in [4.78, 5) is 0. The van der Waals surface area contributed by atoms with Gasteiger partial charge in [-0.25, -0.2) is 8.42 Å². The lowest BCUT2D eigenvalue weighted by Gasteiger charge is -2.10. The van der Waals surface area contributed by atoms with Gasteiger partial charge in [-0.05, 0) is 24.3 Å². The van der Waals surface area contributed by atoms with Crippen LogP contribution in [0.15, 0.2) is 78.3 Å². The van der Waals surface area contributed by atoms with Crippen LogP contribution in [-0.4, -0.2) is 18.7 Å². The van der Waals surface area contributed by atoms with E-state index in [4.69, 9.17) is 0 Å². The molecule has 0 spiro atoms. The van der Waals surface area contributed by atoms with E-state index in [0.29, 0.717) is 5.03 Å². The number of hydrogen-bond acceptors (Lipinski definition) is 2. The van der Waals surface area contributed by atoms with Gasteiger partial charge in [-0.15, -0.1) is 6.58 Å². The molecule has 0 amide bonds. The fraction of sp³-hybridized carbons (Fsp3) is 0.0588. The summed E-state index contributed by atoms with van der Waals surface area (Å²) in [6.07, 6.45) is 1.42. The van der Waals surface area contributed by atoms with Crippen LogP contribution in [0.1, 0.15) is 0 Å². The smallest absolute Gasteiger partial charge is 0.197 e. The van der Waals surface area contributed by atoms with E-state index in [2.05, 4.69) is 6.58 Å². The van der Waals surface area contributed by atoms with Crippen LogP contribution in [0.2, 0.25) is 0 Å². The number of fused-ring (bicyclic) bond motifs is 1. The number of para-hydroxylation sites is 2. The van der Waals surface area contributed by atoms with Crippen LogP contribution in [0.3, 0.4) is 0 Å². The lowest BCUT2D eigenvalue weighted by atomic mass is 10.2. The van der Waals surface area contributed by atoms with Gasteiger partial charge < -0.3 is 4.57 Å². The second kappa shape index (κ2) is 5.22. The first-order chi connectivity index (χ1) is 10.1. The summed E-state index contributed by atoms with van der Waals surface area (Å²) < 4.78 is 26.8. The van der Waals surface area contributed by atoms with Gasteiger partial charge in [0.25, 0.3) is 0 Å². The maximum atomic E-state index is 12.5. The molecule has 106 valence electrons. The van der Waals surface area contributed by atoms with Crippen molar-refractivity contribution in [2.45, 2.75) is 5.03 Å². The zero-order valence-electron chi connectivity index (χ0n) is 11.4. The van der Waals surface area contributed by atoms with Crippen molar-refractivity contribution in [3.63, 3.8) is 0 Å². The quantitative estimate of drug-likeness (QED) is 0.690. The Hall–Kier alpha value is -2.33. The van der Waals surface area contributed by atoms with E-state index in [0.717, 1.165) is 16.6 Å². The highest BCUT2D eigenvalue weighted by Crippen LogP contribution is 2.28. The highest BCUT2D eigenvalue weighted by atomic mass is 32.2. The van der Waals surface area contributed by atoms with Crippen molar-refractivity contribution in [1.82, 2.24) is 4.57 Å². The number of sulfone groups is 1. The molecule has 2 aromatic carbocycles. The Bertz CT molecular complexity index is 893. The highest BCUT2D eigenvalue weighted by Gasteiger charge is 2.21. The molecule has 3 aromatic rings. The number of hydrogen-bond donors (Lipinski definition) is 0. The van der Waals surface area contributed by atoms with Crippen molar-refractivity contribution < 1.29 is 8.42 Å². The van der Waals surface area contributed by atoms with Gasteiger partial charge >= 0.3 is 0 Å². The summed E-state index contributed by atoms with van der Waals surface area (Å²) in [6, 6.07) is 18.9. The lowest BCUT2D eigenvalue weighted by Crippen LogP contribution is -2.10. The molecule has 0 aliphatic carbocycles. The molecular weight excluding hydrogens is 282 g/mol. The van der Waals surface area contributed by atoms with Crippen LogP contribution in [0.5, 0.6) is 0 Å². The molecule has 3 nitrogen and oxygen atoms in total. The molecule has 0 aliphatic rings. The van der Waals surface area contributed by atoms with Gasteiger partial charge in [0, 0.05) is 11.1 Å². The summed E-state index contributed by atoms with van der Waals surface area (Å²) in [6.45, 7) is 3.54. The van der Waals surface area contributed by atoms with Gasteiger partial charge in [0.15, 0.2) is 9.84 Å². The first kappa shape index (κ1) is 13.6. The average Bonchev–Trinajstić information content (AvgIpc) is 2.88. The maximum Gasteiger partial charge on any atom is 0.197 e. The summed E-state index contributed by atoms with van der Waals surface area (Å²) >= 11 is 0. The molecule has 1 heterocycles. The Balaban J connectivity index is 2.37. The predicted octanol–water partition coefficient (Wildman–Crippen LogP) is 3.59. The topological polar surface area (TPSA) is 39.1 Å². The van der Waals surface area contributed by atoms with E-state index in [1.165, 1.54) is 6.08 Å². The van der Waals surface area contributed by atoms with Gasteiger partial charge in [0.05, 0.1) is 11.3 Å². The SMILES string of the molecule is C=CCS(=O)(=O)c1cc2ccccc2n1-c1ccccc1. The zero-order chi connectivity index (χ0) is 14.9. The average molecular weight is 297 g/mol. The van der Waals surface area contributed by atoms with Gasteiger partial charge in [-0.2, -0.15) is 0 Å². The van der Waals surface area contributed by atoms with Crippen molar-refractivity contribution in [2.75, 3.05) is 5.75 Å². The number of aromatic nitrogens is 1. The van der Waals surface area contributed by atoms with Crippen molar-refractivity contribution in [2.24, 2.45) is 0 Å². The van der Waals surface area contributed by atoms with Crippen LogP contribution in [-0.2, 0) is 9.84 Å². The van der Waals surface area contributed by atoms with E-state index < -0.39 is 9.84 Å². The van der Waals surface area contributed by atoms with Crippen molar-refractivity contribution in [3.05, 3.63) is 73.3 Å². The Morgan fingerprint density at radius 1 is 1.00 bits per heavy atom. The molecule has 0 saturated carbocycles. The second-order valence-electron chi connectivity index (χ2n) is 4.78. The monoisotopic (exact) mass is 297 g/mol. The molecule has 0 radical (unpaired) electrons. The largest absolute Gasteiger partial charge is 0.300 e. The minimum atomic E-state index is -3.41.